The van der Waals surface area contributed by atoms with E-state index in [0.29, 0.717) is 12.4 Å². The van der Waals surface area contributed by atoms with Crippen LogP contribution in [0.25, 0.3) is 0 Å². The lowest BCUT2D eigenvalue weighted by atomic mass is 9.67. The van der Waals surface area contributed by atoms with E-state index in [4.69, 9.17) is 14.0 Å². The van der Waals surface area contributed by atoms with Crippen LogP contribution in [-0.4, -0.2) is 52.6 Å². The van der Waals surface area contributed by atoms with Gasteiger partial charge in [-0.25, -0.2) is 0 Å². The first-order valence-corrected chi connectivity index (χ1v) is 13.1. The smallest absolute Gasteiger partial charge is 0.353 e. The van der Waals surface area contributed by atoms with E-state index < -0.39 is 27.8 Å². The van der Waals surface area contributed by atoms with Crippen LogP contribution in [0.1, 0.15) is 77.8 Å². The summed E-state index contributed by atoms with van der Waals surface area (Å²) in [7, 11) is -0.620. The van der Waals surface area contributed by atoms with Crippen LogP contribution in [0, 0.1) is 0 Å². The largest absolute Gasteiger partial charge is 0.389 e. The summed E-state index contributed by atoms with van der Waals surface area (Å²) in [4.78, 5) is 13.0. The van der Waals surface area contributed by atoms with Crippen molar-refractivity contribution in [3.05, 3.63) is 11.8 Å². The molecule has 1 aromatic rings. The Morgan fingerprint density at radius 2 is 2.09 bits per heavy atom. The molecule has 1 amide bonds. The van der Waals surface area contributed by atoms with Gasteiger partial charge in [-0.15, -0.1) is 0 Å². The molecule has 1 aliphatic heterocycles. The van der Waals surface area contributed by atoms with Crippen LogP contribution < -0.4 is 5.32 Å². The molecule has 2 atom stereocenters. The van der Waals surface area contributed by atoms with Crippen LogP contribution in [0.15, 0.2) is 10.6 Å². The van der Waals surface area contributed by atoms with Gasteiger partial charge in [0.05, 0.1) is 17.0 Å². The second-order valence-electron chi connectivity index (χ2n) is 9.37. The summed E-state index contributed by atoms with van der Waals surface area (Å²) in [6, 6.07) is 1.75. The third-order valence-corrected chi connectivity index (χ3v) is 9.39. The molecule has 33 heavy (non-hydrogen) atoms. The summed E-state index contributed by atoms with van der Waals surface area (Å²) >= 11 is 0. The molecule has 3 rings (SSSR count). The number of aromatic nitrogens is 1. The molecule has 0 spiro atoms. The lowest BCUT2D eigenvalue weighted by Gasteiger charge is -2.40. The number of hydrogen-bond donors (Lipinski definition) is 1. The number of halogens is 3. The minimum atomic E-state index is -4.18. The quantitative estimate of drug-likeness (QED) is 0.419. The van der Waals surface area contributed by atoms with E-state index in [1.165, 1.54) is 0 Å². The molecule has 2 fully saturated rings. The van der Waals surface area contributed by atoms with Crippen molar-refractivity contribution < 1.29 is 32.0 Å². The van der Waals surface area contributed by atoms with E-state index in [9.17, 15) is 18.0 Å². The number of carbonyl (C=O) groups is 1. The van der Waals surface area contributed by atoms with Gasteiger partial charge in [-0.1, -0.05) is 16.9 Å². The maximum absolute atomic E-state index is 13.0. The average Bonchev–Trinajstić information content (AvgIpc) is 3.19. The molecule has 1 aromatic heterocycles. The number of alkyl halides is 3. The summed E-state index contributed by atoms with van der Waals surface area (Å²) in [6.07, 6.45) is 0.773. The van der Waals surface area contributed by atoms with Gasteiger partial charge in [0, 0.05) is 24.5 Å². The normalized spacial score (nSPS) is 22.1. The average molecular weight is 493 g/mol. The fraction of sp³-hybridized carbons (Fsp3) is 0.783. The molecule has 188 valence electrons. The lowest BCUT2D eigenvalue weighted by molar-refractivity contribution is -0.177. The summed E-state index contributed by atoms with van der Waals surface area (Å²) in [5, 5.41) is 8.82. The van der Waals surface area contributed by atoms with Crippen molar-refractivity contribution in [2.45, 2.75) is 94.8 Å². The van der Waals surface area contributed by atoms with Crippen LogP contribution in [0.3, 0.4) is 0 Å². The Morgan fingerprint density at radius 1 is 1.33 bits per heavy atom. The minimum absolute atomic E-state index is 0.00660. The van der Waals surface area contributed by atoms with Crippen molar-refractivity contribution in [1.29, 1.82) is 0 Å². The van der Waals surface area contributed by atoms with E-state index in [-0.39, 0.29) is 29.9 Å². The summed E-state index contributed by atoms with van der Waals surface area (Å²) in [6.45, 7) is 6.51. The Kier molecular flexibility index (Phi) is 8.66. The van der Waals surface area contributed by atoms with Crippen molar-refractivity contribution in [3.63, 3.8) is 0 Å². The molecular weight excluding hydrogens is 457 g/mol. The highest BCUT2D eigenvalue weighted by Crippen LogP contribution is 2.44. The lowest BCUT2D eigenvalue weighted by Crippen LogP contribution is -2.41. The molecule has 1 saturated heterocycles. The van der Waals surface area contributed by atoms with Gasteiger partial charge in [0.15, 0.2) is 6.29 Å². The molecule has 0 radical (unpaired) electrons. The molecule has 6 nitrogen and oxygen atoms in total. The molecule has 2 heterocycles. The number of nitrogens with one attached hydrogen (secondary N) is 1. The summed E-state index contributed by atoms with van der Waals surface area (Å²) in [5.41, 5.74) is 0.519. The number of rotatable bonds is 10. The highest BCUT2D eigenvalue weighted by Gasteiger charge is 2.43. The third kappa shape index (κ3) is 6.82. The van der Waals surface area contributed by atoms with Gasteiger partial charge in [0.1, 0.15) is 0 Å². The number of nitrogens with zero attached hydrogens (tertiary/aromatic N) is 1. The van der Waals surface area contributed by atoms with Gasteiger partial charge in [-0.2, -0.15) is 23.7 Å². The predicted molar refractivity (Wildman–Crippen MR) is 124 cm³/mol. The van der Waals surface area contributed by atoms with Crippen LogP contribution >= 0.6 is 10.5 Å². The van der Waals surface area contributed by atoms with E-state index in [1.54, 1.807) is 26.8 Å². The zero-order chi connectivity index (χ0) is 24.1. The third-order valence-electron chi connectivity index (χ3n) is 6.60. The van der Waals surface area contributed by atoms with Crippen molar-refractivity contribution >= 4 is 27.6 Å². The number of anilines is 1. The maximum Gasteiger partial charge on any atom is 0.389 e. The Balaban J connectivity index is 1.59. The fourth-order valence-electron chi connectivity index (χ4n) is 4.23. The van der Waals surface area contributed by atoms with E-state index >= 15 is 0 Å². The molecule has 0 aromatic carbocycles. The van der Waals surface area contributed by atoms with Crippen molar-refractivity contribution in [2.24, 2.45) is 0 Å². The van der Waals surface area contributed by atoms with Gasteiger partial charge in [0.2, 0.25) is 11.8 Å². The SMILES string of the molecule is C/C=S(\CCCC(F)(F)F)C(C)(C)C(=O)Nc1cc(C2(COC3CCCCO3)CCC2)no1. The molecule has 0 bridgehead atoms. The molecule has 10 heteroatoms. The Bertz CT molecular complexity index is 828. The van der Waals surface area contributed by atoms with Crippen LogP contribution in [0.4, 0.5) is 19.1 Å². The van der Waals surface area contributed by atoms with Crippen molar-refractivity contribution in [2.75, 3.05) is 24.3 Å². The number of ether oxygens (including phenoxy) is 2. The predicted octanol–water partition coefficient (Wildman–Crippen LogP) is 5.79. The van der Waals surface area contributed by atoms with Crippen LogP contribution in [0.5, 0.6) is 0 Å². The molecule has 1 aliphatic carbocycles. The van der Waals surface area contributed by atoms with Gasteiger partial charge in [-0.05, 0) is 65.0 Å². The fourth-order valence-corrected chi connectivity index (χ4v) is 6.31. The highest BCUT2D eigenvalue weighted by atomic mass is 32.2. The number of carbonyl (C=O) groups excluding carboxylic acids is 1. The van der Waals surface area contributed by atoms with Gasteiger partial charge >= 0.3 is 6.18 Å². The standard InChI is InChI=1S/C23H35F3N2O4S/c1-4-33(14-8-12-23(24,25)26)21(2,3)20(29)27-18-15-17(28-32-18)22(10-7-11-22)16-31-19-9-5-6-13-30-19/h4,15,19H,5-14,16H2,1-3H3,(H,27,29). The Morgan fingerprint density at radius 3 is 2.67 bits per heavy atom. The topological polar surface area (TPSA) is 73.6 Å². The second-order valence-corrected chi connectivity index (χ2v) is 12.1. The first-order valence-electron chi connectivity index (χ1n) is 11.6. The zero-order valence-corrected chi connectivity index (χ0v) is 20.4. The first-order chi connectivity index (χ1) is 15.6. The van der Waals surface area contributed by atoms with Gasteiger partial charge in [0.25, 0.3) is 0 Å². The molecule has 2 aliphatic rings. The van der Waals surface area contributed by atoms with Crippen molar-refractivity contribution in [1.82, 2.24) is 5.16 Å². The van der Waals surface area contributed by atoms with Gasteiger partial charge in [-0.3, -0.25) is 10.1 Å². The van der Waals surface area contributed by atoms with Crippen molar-refractivity contribution in [3.8, 4) is 0 Å². The highest BCUT2D eigenvalue weighted by molar-refractivity contribution is 8.16. The Labute approximate surface area is 195 Å². The van der Waals surface area contributed by atoms with E-state index in [1.807, 2.05) is 5.37 Å². The summed E-state index contributed by atoms with van der Waals surface area (Å²) in [5.74, 6) is 0.258. The molecular formula is C23H35F3N2O4S. The zero-order valence-electron chi connectivity index (χ0n) is 19.6. The van der Waals surface area contributed by atoms with Gasteiger partial charge < -0.3 is 14.0 Å². The van der Waals surface area contributed by atoms with Crippen LogP contribution in [-0.2, 0) is 19.7 Å². The maximum atomic E-state index is 13.0. The van der Waals surface area contributed by atoms with E-state index in [0.717, 1.165) is 50.8 Å². The molecule has 2 unspecified atom stereocenters. The first kappa shape index (κ1) is 26.2. The van der Waals surface area contributed by atoms with E-state index in [2.05, 4.69) is 10.5 Å². The monoisotopic (exact) mass is 492 g/mol. The number of hydrogen-bond acceptors (Lipinski definition) is 5. The molecule has 1 saturated carbocycles. The number of amides is 1. The summed E-state index contributed by atoms with van der Waals surface area (Å²) < 4.78 is 53.8. The Hall–Kier alpha value is -1.39. The van der Waals surface area contributed by atoms with Crippen LogP contribution in [0.2, 0.25) is 0 Å². The minimum Gasteiger partial charge on any atom is -0.353 e. The molecule has 1 N–H and O–H groups in total. The second kappa shape index (κ2) is 10.9.